The van der Waals surface area contributed by atoms with Gasteiger partial charge >= 0.3 is 0 Å². The first-order valence-electron chi connectivity index (χ1n) is 6.07. The van der Waals surface area contributed by atoms with Crippen LogP contribution in [0.4, 0.5) is 5.82 Å². The van der Waals surface area contributed by atoms with Gasteiger partial charge in [0.1, 0.15) is 5.82 Å². The zero-order valence-electron chi connectivity index (χ0n) is 11.2. The predicted molar refractivity (Wildman–Crippen MR) is 71.2 cm³/mol. The maximum absolute atomic E-state index is 5.19. The second-order valence-electron chi connectivity index (χ2n) is 4.17. The second kappa shape index (κ2) is 7.25. The lowest BCUT2D eigenvalue weighted by Gasteiger charge is -2.27. The zero-order valence-corrected chi connectivity index (χ0v) is 11.2. The van der Waals surface area contributed by atoms with Crippen molar-refractivity contribution in [3.8, 4) is 0 Å². The van der Waals surface area contributed by atoms with Crippen LogP contribution in [0.1, 0.15) is 19.4 Å². The van der Waals surface area contributed by atoms with Gasteiger partial charge in [-0.05, 0) is 25.1 Å². The molecule has 0 radical (unpaired) electrons. The lowest BCUT2D eigenvalue weighted by atomic mass is 10.2. The summed E-state index contributed by atoms with van der Waals surface area (Å²) in [4.78, 5) is 6.70. The number of ether oxygens (including phenoxy) is 1. The molecule has 0 spiro atoms. The molecule has 0 bridgehead atoms. The van der Waals surface area contributed by atoms with Crippen molar-refractivity contribution in [1.29, 1.82) is 0 Å². The van der Waals surface area contributed by atoms with Gasteiger partial charge in [-0.15, -0.1) is 0 Å². The molecular weight excluding hydrogens is 214 g/mol. The molecule has 4 heteroatoms. The van der Waals surface area contributed by atoms with Crippen molar-refractivity contribution in [2.45, 2.75) is 26.4 Å². The number of nitrogens with one attached hydrogen (secondary N) is 1. The summed E-state index contributed by atoms with van der Waals surface area (Å²) < 4.78 is 5.19. The molecule has 1 rings (SSSR count). The van der Waals surface area contributed by atoms with Crippen LogP contribution in [0.15, 0.2) is 18.3 Å². The van der Waals surface area contributed by atoms with Gasteiger partial charge in [0.2, 0.25) is 0 Å². The quantitative estimate of drug-likeness (QED) is 0.787. The van der Waals surface area contributed by atoms with Crippen molar-refractivity contribution in [1.82, 2.24) is 9.88 Å². The maximum Gasteiger partial charge on any atom is 0.125 e. The van der Waals surface area contributed by atoms with Crippen molar-refractivity contribution in [2.24, 2.45) is 0 Å². The predicted octanol–water partition coefficient (Wildman–Crippen LogP) is 1.98. The number of likely N-dealkylation sites (N-methyl/N-ethyl adjacent to an activating group) is 1. The van der Waals surface area contributed by atoms with E-state index in [0.717, 1.165) is 25.5 Å². The Hall–Kier alpha value is -1.13. The van der Waals surface area contributed by atoms with Crippen LogP contribution < -0.4 is 5.32 Å². The Morgan fingerprint density at radius 2 is 2.24 bits per heavy atom. The van der Waals surface area contributed by atoms with Crippen LogP contribution in [0, 0.1) is 0 Å². The number of rotatable bonds is 7. The molecule has 0 saturated carbocycles. The van der Waals surface area contributed by atoms with E-state index in [1.165, 1.54) is 5.56 Å². The Morgan fingerprint density at radius 1 is 1.47 bits per heavy atom. The molecule has 0 aliphatic rings. The Kier molecular flexibility index (Phi) is 5.94. The largest absolute Gasteiger partial charge is 0.383 e. The number of hydrogen-bond acceptors (Lipinski definition) is 4. The molecule has 1 heterocycles. The molecule has 0 fully saturated rings. The Bertz CT molecular complexity index is 313. The van der Waals surface area contributed by atoms with Crippen LogP contribution in [0.2, 0.25) is 0 Å². The summed E-state index contributed by atoms with van der Waals surface area (Å²) in [6.07, 6.45) is 1.92. The van der Waals surface area contributed by atoms with Gasteiger partial charge in [-0.25, -0.2) is 4.98 Å². The lowest BCUT2D eigenvalue weighted by molar-refractivity contribution is 0.0981. The van der Waals surface area contributed by atoms with E-state index in [9.17, 15) is 0 Å². The summed E-state index contributed by atoms with van der Waals surface area (Å²) >= 11 is 0. The highest BCUT2D eigenvalue weighted by atomic mass is 16.5. The SMILES string of the molecule is CCN(Cc1ccc(NC)nc1)C(C)COC. The van der Waals surface area contributed by atoms with Crippen LogP contribution in [0.25, 0.3) is 0 Å². The first-order chi connectivity index (χ1) is 8.21. The van der Waals surface area contributed by atoms with E-state index in [2.05, 4.69) is 35.1 Å². The minimum atomic E-state index is 0.425. The minimum absolute atomic E-state index is 0.425. The summed E-state index contributed by atoms with van der Waals surface area (Å²) in [5.74, 6) is 0.904. The summed E-state index contributed by atoms with van der Waals surface area (Å²) in [5, 5.41) is 3.02. The van der Waals surface area contributed by atoms with Crippen molar-refractivity contribution < 1.29 is 4.74 Å². The van der Waals surface area contributed by atoms with Crippen molar-refractivity contribution in [2.75, 3.05) is 32.6 Å². The van der Waals surface area contributed by atoms with Crippen LogP contribution in [-0.4, -0.2) is 43.2 Å². The molecule has 4 nitrogen and oxygen atoms in total. The third-order valence-corrected chi connectivity index (χ3v) is 2.90. The highest BCUT2D eigenvalue weighted by Gasteiger charge is 2.12. The Balaban J connectivity index is 2.60. The topological polar surface area (TPSA) is 37.4 Å². The molecule has 0 aliphatic heterocycles. The Morgan fingerprint density at radius 3 is 2.71 bits per heavy atom. The van der Waals surface area contributed by atoms with Crippen molar-refractivity contribution in [3.05, 3.63) is 23.9 Å². The fourth-order valence-electron chi connectivity index (χ4n) is 1.83. The molecule has 1 atom stereocenters. The summed E-state index contributed by atoms with van der Waals surface area (Å²) in [6, 6.07) is 4.54. The number of nitrogens with zero attached hydrogens (tertiary/aromatic N) is 2. The van der Waals surface area contributed by atoms with Gasteiger partial charge < -0.3 is 10.1 Å². The van der Waals surface area contributed by atoms with E-state index >= 15 is 0 Å². The number of aromatic nitrogens is 1. The zero-order chi connectivity index (χ0) is 12.7. The highest BCUT2D eigenvalue weighted by Crippen LogP contribution is 2.10. The van der Waals surface area contributed by atoms with Gasteiger partial charge in [0, 0.05) is 32.9 Å². The minimum Gasteiger partial charge on any atom is -0.383 e. The van der Waals surface area contributed by atoms with Crippen molar-refractivity contribution in [3.63, 3.8) is 0 Å². The molecule has 1 N–H and O–H groups in total. The normalized spacial score (nSPS) is 12.8. The van der Waals surface area contributed by atoms with Gasteiger partial charge in [-0.3, -0.25) is 4.90 Å². The van der Waals surface area contributed by atoms with Crippen LogP contribution in [-0.2, 0) is 11.3 Å². The van der Waals surface area contributed by atoms with Gasteiger partial charge in [-0.1, -0.05) is 13.0 Å². The Labute approximate surface area is 104 Å². The summed E-state index contributed by atoms with van der Waals surface area (Å²) in [5.41, 5.74) is 1.23. The molecule has 0 saturated heterocycles. The molecule has 0 aliphatic carbocycles. The van der Waals surface area contributed by atoms with Crippen LogP contribution in [0.5, 0.6) is 0 Å². The number of anilines is 1. The highest BCUT2D eigenvalue weighted by molar-refractivity contribution is 5.34. The van der Waals surface area contributed by atoms with Gasteiger partial charge in [-0.2, -0.15) is 0 Å². The van der Waals surface area contributed by atoms with E-state index in [0.29, 0.717) is 6.04 Å². The first kappa shape index (κ1) is 13.9. The fraction of sp³-hybridized carbons (Fsp3) is 0.615. The van der Waals surface area contributed by atoms with E-state index in [4.69, 9.17) is 4.74 Å². The third kappa shape index (κ3) is 4.32. The molecule has 1 unspecified atom stereocenters. The summed E-state index contributed by atoms with van der Waals surface area (Å²) in [7, 11) is 3.62. The third-order valence-electron chi connectivity index (χ3n) is 2.90. The van der Waals surface area contributed by atoms with Gasteiger partial charge in [0.05, 0.1) is 6.61 Å². The first-order valence-corrected chi connectivity index (χ1v) is 6.07. The second-order valence-corrected chi connectivity index (χ2v) is 4.17. The molecule has 1 aromatic heterocycles. The molecule has 1 aromatic rings. The van der Waals surface area contributed by atoms with Gasteiger partial charge in [0.25, 0.3) is 0 Å². The summed E-state index contributed by atoms with van der Waals surface area (Å²) in [6.45, 7) is 7.04. The average Bonchev–Trinajstić information content (AvgIpc) is 2.37. The fourth-order valence-corrected chi connectivity index (χ4v) is 1.83. The monoisotopic (exact) mass is 237 g/mol. The van der Waals surface area contributed by atoms with Crippen molar-refractivity contribution >= 4 is 5.82 Å². The smallest absolute Gasteiger partial charge is 0.125 e. The van der Waals surface area contributed by atoms with E-state index in [1.54, 1.807) is 7.11 Å². The number of hydrogen-bond donors (Lipinski definition) is 1. The standard InChI is InChI=1S/C13H23N3O/c1-5-16(11(2)10-17-4)9-12-6-7-13(14-3)15-8-12/h6-8,11H,5,9-10H2,1-4H3,(H,14,15). The number of methoxy groups -OCH3 is 1. The molecule has 96 valence electrons. The van der Waals surface area contributed by atoms with E-state index in [1.807, 2.05) is 19.3 Å². The van der Waals surface area contributed by atoms with E-state index in [-0.39, 0.29) is 0 Å². The molecular formula is C13H23N3O. The maximum atomic E-state index is 5.19. The molecule has 0 aromatic carbocycles. The van der Waals surface area contributed by atoms with Crippen LogP contribution in [0.3, 0.4) is 0 Å². The lowest BCUT2D eigenvalue weighted by Crippen LogP contribution is -2.35. The molecule has 0 amide bonds. The van der Waals surface area contributed by atoms with Gasteiger partial charge in [0.15, 0.2) is 0 Å². The number of pyridine rings is 1. The van der Waals surface area contributed by atoms with Crippen LogP contribution >= 0.6 is 0 Å². The average molecular weight is 237 g/mol. The molecule has 17 heavy (non-hydrogen) atoms. The van der Waals surface area contributed by atoms with E-state index < -0.39 is 0 Å².